The molecule has 3 heterocycles. The van der Waals surface area contributed by atoms with E-state index in [4.69, 9.17) is 4.42 Å². The van der Waals surface area contributed by atoms with Crippen LogP contribution in [0.4, 0.5) is 4.39 Å². The molecule has 1 amide bonds. The molecule has 7 nitrogen and oxygen atoms in total. The van der Waals surface area contributed by atoms with E-state index in [1.54, 1.807) is 49.0 Å². The number of carbonyl (C=O) groups is 1. The molecule has 35 heavy (non-hydrogen) atoms. The Labute approximate surface area is 205 Å². The Morgan fingerprint density at radius 1 is 0.971 bits per heavy atom. The molecule has 5 rings (SSSR count). The van der Waals surface area contributed by atoms with Crippen LogP contribution in [0.15, 0.2) is 101 Å². The smallest absolute Gasteiger partial charge is 0.251 e. The number of hydrogen-bond acceptors (Lipinski definition) is 6. The van der Waals surface area contributed by atoms with E-state index in [1.165, 1.54) is 23.9 Å². The van der Waals surface area contributed by atoms with E-state index in [9.17, 15) is 9.18 Å². The molecular formula is C26H20FN5O2S. The first-order valence-corrected chi connectivity index (χ1v) is 11.8. The van der Waals surface area contributed by atoms with Gasteiger partial charge in [-0.25, -0.2) is 4.39 Å². The second kappa shape index (κ2) is 10.4. The van der Waals surface area contributed by atoms with Crippen molar-refractivity contribution < 1.29 is 13.6 Å². The van der Waals surface area contributed by atoms with Gasteiger partial charge in [-0.1, -0.05) is 23.9 Å². The normalized spacial score (nSPS) is 10.9. The van der Waals surface area contributed by atoms with Crippen LogP contribution in [0.1, 0.15) is 21.5 Å². The molecule has 2 aromatic carbocycles. The molecule has 0 aliphatic rings. The predicted molar refractivity (Wildman–Crippen MR) is 130 cm³/mol. The first-order chi connectivity index (χ1) is 17.2. The van der Waals surface area contributed by atoms with Crippen molar-refractivity contribution in [2.45, 2.75) is 17.5 Å². The second-order valence-corrected chi connectivity index (χ2v) is 8.57. The molecule has 5 aromatic rings. The van der Waals surface area contributed by atoms with E-state index in [0.29, 0.717) is 34.6 Å². The highest BCUT2D eigenvalue weighted by Crippen LogP contribution is 2.30. The van der Waals surface area contributed by atoms with E-state index in [2.05, 4.69) is 20.5 Å². The Morgan fingerprint density at radius 2 is 1.80 bits per heavy atom. The molecule has 174 valence electrons. The van der Waals surface area contributed by atoms with E-state index >= 15 is 0 Å². The van der Waals surface area contributed by atoms with Gasteiger partial charge in [0.2, 0.25) is 5.82 Å². The summed E-state index contributed by atoms with van der Waals surface area (Å²) >= 11 is 1.46. The summed E-state index contributed by atoms with van der Waals surface area (Å²) < 4.78 is 20.9. The molecule has 0 unspecified atom stereocenters. The lowest BCUT2D eigenvalue weighted by atomic mass is 10.1. The third kappa shape index (κ3) is 5.30. The summed E-state index contributed by atoms with van der Waals surface area (Å²) in [5.74, 6) is 1.16. The fourth-order valence-corrected chi connectivity index (χ4v) is 4.38. The summed E-state index contributed by atoms with van der Waals surface area (Å²) in [5, 5.41) is 12.2. The van der Waals surface area contributed by atoms with Crippen molar-refractivity contribution in [2.24, 2.45) is 0 Å². The highest BCUT2D eigenvalue weighted by molar-refractivity contribution is 7.98. The van der Waals surface area contributed by atoms with Gasteiger partial charge in [0.25, 0.3) is 5.91 Å². The molecule has 9 heteroatoms. The minimum Gasteiger partial charge on any atom is -0.461 e. The Hall–Kier alpha value is -4.24. The highest BCUT2D eigenvalue weighted by Gasteiger charge is 2.18. The van der Waals surface area contributed by atoms with Gasteiger partial charge in [0.05, 0.1) is 12.0 Å². The monoisotopic (exact) mass is 485 g/mol. The van der Waals surface area contributed by atoms with Gasteiger partial charge >= 0.3 is 0 Å². The molecule has 0 aliphatic heterocycles. The van der Waals surface area contributed by atoms with Crippen LogP contribution in [-0.2, 0) is 12.3 Å². The highest BCUT2D eigenvalue weighted by atomic mass is 32.2. The van der Waals surface area contributed by atoms with Crippen molar-refractivity contribution in [2.75, 3.05) is 0 Å². The number of hydrogen-bond donors (Lipinski definition) is 1. The van der Waals surface area contributed by atoms with E-state index in [1.807, 2.05) is 34.9 Å². The largest absolute Gasteiger partial charge is 0.461 e. The second-order valence-electron chi connectivity index (χ2n) is 7.62. The number of benzene rings is 2. The molecule has 0 radical (unpaired) electrons. The van der Waals surface area contributed by atoms with Gasteiger partial charge in [0.15, 0.2) is 10.9 Å². The molecule has 0 saturated heterocycles. The van der Waals surface area contributed by atoms with Crippen molar-refractivity contribution in [3.63, 3.8) is 0 Å². The number of furan rings is 1. The number of amides is 1. The van der Waals surface area contributed by atoms with Crippen LogP contribution < -0.4 is 5.32 Å². The zero-order chi connectivity index (χ0) is 24.0. The minimum atomic E-state index is -0.324. The average Bonchev–Trinajstić information content (AvgIpc) is 3.57. The molecule has 1 N–H and O–H groups in total. The maximum Gasteiger partial charge on any atom is 0.251 e. The molecule has 0 saturated carbocycles. The van der Waals surface area contributed by atoms with Gasteiger partial charge in [0.1, 0.15) is 5.82 Å². The first-order valence-electron chi connectivity index (χ1n) is 10.8. The number of nitrogens with zero attached hydrogens (tertiary/aromatic N) is 4. The summed E-state index contributed by atoms with van der Waals surface area (Å²) in [6, 6.07) is 20.9. The molecule has 0 atom stereocenters. The van der Waals surface area contributed by atoms with Crippen LogP contribution in [-0.4, -0.2) is 25.7 Å². The van der Waals surface area contributed by atoms with Crippen LogP contribution in [0.25, 0.3) is 17.3 Å². The number of aromatic nitrogens is 4. The molecule has 0 aliphatic carbocycles. The average molecular weight is 486 g/mol. The molecule has 0 bridgehead atoms. The SMILES string of the molecule is O=C(NCc1ccncc1)c1cccc(CSc2nnc(-c3ccco3)n2-c2ccc(F)cc2)c1. The third-order valence-corrected chi connectivity index (χ3v) is 6.22. The Balaban J connectivity index is 1.33. The van der Waals surface area contributed by atoms with Gasteiger partial charge in [-0.15, -0.1) is 10.2 Å². The van der Waals surface area contributed by atoms with Crippen LogP contribution >= 0.6 is 11.8 Å². The Morgan fingerprint density at radius 3 is 2.57 bits per heavy atom. The van der Waals surface area contributed by atoms with E-state index in [-0.39, 0.29) is 11.7 Å². The van der Waals surface area contributed by atoms with Crippen LogP contribution in [0.5, 0.6) is 0 Å². The fraction of sp³-hybridized carbons (Fsp3) is 0.0769. The number of nitrogens with one attached hydrogen (secondary N) is 1. The van der Waals surface area contributed by atoms with Gasteiger partial charge in [-0.3, -0.25) is 14.3 Å². The van der Waals surface area contributed by atoms with Crippen LogP contribution in [0.3, 0.4) is 0 Å². The van der Waals surface area contributed by atoms with Gasteiger partial charge in [-0.2, -0.15) is 0 Å². The molecule has 0 fully saturated rings. The van der Waals surface area contributed by atoms with Crippen molar-refractivity contribution in [3.05, 3.63) is 114 Å². The Kier molecular flexibility index (Phi) is 6.67. The lowest BCUT2D eigenvalue weighted by Crippen LogP contribution is -2.22. The van der Waals surface area contributed by atoms with Crippen molar-refractivity contribution in [1.29, 1.82) is 0 Å². The van der Waals surface area contributed by atoms with Gasteiger partial charge in [-0.05, 0) is 71.8 Å². The summed E-state index contributed by atoms with van der Waals surface area (Å²) in [5.41, 5.74) is 3.23. The molecule has 0 spiro atoms. The third-order valence-electron chi connectivity index (χ3n) is 5.22. The summed E-state index contributed by atoms with van der Waals surface area (Å²) in [7, 11) is 0. The number of rotatable bonds is 8. The van der Waals surface area contributed by atoms with Crippen molar-refractivity contribution in [3.8, 4) is 17.3 Å². The van der Waals surface area contributed by atoms with Crippen LogP contribution in [0, 0.1) is 5.82 Å². The summed E-state index contributed by atoms with van der Waals surface area (Å²) in [6.07, 6.45) is 4.96. The number of carbonyl (C=O) groups excluding carboxylic acids is 1. The summed E-state index contributed by atoms with van der Waals surface area (Å²) in [4.78, 5) is 16.6. The van der Waals surface area contributed by atoms with E-state index < -0.39 is 0 Å². The zero-order valence-electron chi connectivity index (χ0n) is 18.5. The lowest BCUT2D eigenvalue weighted by molar-refractivity contribution is 0.0951. The summed E-state index contributed by atoms with van der Waals surface area (Å²) in [6.45, 7) is 0.427. The van der Waals surface area contributed by atoms with Crippen molar-refractivity contribution >= 4 is 17.7 Å². The first kappa shape index (κ1) is 22.5. The molecule has 3 aromatic heterocycles. The quantitative estimate of drug-likeness (QED) is 0.301. The number of pyridine rings is 1. The van der Waals surface area contributed by atoms with Gasteiger partial charge < -0.3 is 9.73 Å². The van der Waals surface area contributed by atoms with Crippen LogP contribution in [0.2, 0.25) is 0 Å². The standard InChI is InChI=1S/C26H20FN5O2S/c27-21-6-8-22(9-7-21)32-24(23-5-2-14-34-23)30-31-26(32)35-17-19-3-1-4-20(15-19)25(33)29-16-18-10-12-28-13-11-18/h1-15H,16-17H2,(H,29,33). The topological polar surface area (TPSA) is 85.8 Å². The van der Waals surface area contributed by atoms with Gasteiger partial charge in [0, 0.05) is 30.3 Å². The van der Waals surface area contributed by atoms with Crippen molar-refractivity contribution in [1.82, 2.24) is 25.1 Å². The fourth-order valence-electron chi connectivity index (χ4n) is 3.49. The zero-order valence-corrected chi connectivity index (χ0v) is 19.3. The predicted octanol–water partition coefficient (Wildman–Crippen LogP) is 5.28. The maximum atomic E-state index is 13.5. The lowest BCUT2D eigenvalue weighted by Gasteiger charge is -2.10. The van der Waals surface area contributed by atoms with E-state index in [0.717, 1.165) is 16.8 Å². The molecular weight excluding hydrogens is 465 g/mol. The number of thioether (sulfide) groups is 1. The number of halogens is 1. The Bertz CT molecular complexity index is 1420. The maximum absolute atomic E-state index is 13.5. The minimum absolute atomic E-state index is 0.150.